The second-order valence-corrected chi connectivity index (χ2v) is 9.17. The van der Waals surface area contributed by atoms with Crippen molar-refractivity contribution in [3.05, 3.63) is 59.3 Å². The molecule has 2 aromatic rings. The molecule has 2 fully saturated rings. The van der Waals surface area contributed by atoms with Gasteiger partial charge in [0, 0.05) is 31.7 Å². The molecule has 2 saturated heterocycles. The highest BCUT2D eigenvalue weighted by Crippen LogP contribution is 2.28. The molecule has 0 radical (unpaired) electrons. The summed E-state index contributed by atoms with van der Waals surface area (Å²) < 4.78 is 0. The van der Waals surface area contributed by atoms with Crippen molar-refractivity contribution in [2.24, 2.45) is 0 Å². The largest absolute Gasteiger partial charge is 0.368 e. The molecule has 2 aliphatic heterocycles. The minimum atomic E-state index is -0.382. The Morgan fingerprint density at radius 1 is 1.12 bits per heavy atom. The van der Waals surface area contributed by atoms with Crippen molar-refractivity contribution in [3.63, 3.8) is 0 Å². The van der Waals surface area contributed by atoms with Crippen LogP contribution in [0.3, 0.4) is 0 Å². The molecule has 1 aromatic heterocycles. The lowest BCUT2D eigenvalue weighted by atomic mass is 9.89. The number of hydrogen-bond acceptors (Lipinski definition) is 7. The Bertz CT molecular complexity index is 1040. The topological polar surface area (TPSA) is 122 Å². The molecule has 2 aliphatic rings. The lowest BCUT2D eigenvalue weighted by Crippen LogP contribution is -2.48. The Kier molecular flexibility index (Phi) is 7.40. The predicted molar refractivity (Wildman–Crippen MR) is 129 cm³/mol. The number of rotatable bonds is 6. The van der Waals surface area contributed by atoms with E-state index in [-0.39, 0.29) is 30.1 Å². The number of carbonyl (C=O) groups is 2. The molecular weight excluding hydrogens is 430 g/mol. The third-order valence-electron chi connectivity index (χ3n) is 6.29. The normalized spacial score (nSPS) is 20.7. The van der Waals surface area contributed by atoms with E-state index in [9.17, 15) is 9.59 Å². The van der Waals surface area contributed by atoms with Gasteiger partial charge in [-0.05, 0) is 62.4 Å². The predicted octanol–water partition coefficient (Wildman–Crippen LogP) is 2.10. The monoisotopic (exact) mass is 461 g/mol. The van der Waals surface area contributed by atoms with Gasteiger partial charge in [-0.2, -0.15) is 5.26 Å². The van der Waals surface area contributed by atoms with Gasteiger partial charge in [0.15, 0.2) is 0 Å². The third-order valence-corrected chi connectivity index (χ3v) is 6.29. The molecule has 0 saturated carbocycles. The number of hydrazine groups is 1. The second kappa shape index (κ2) is 10.6. The molecule has 2 unspecified atom stereocenters. The van der Waals surface area contributed by atoms with E-state index in [4.69, 9.17) is 5.26 Å². The minimum absolute atomic E-state index is 0.0494. The van der Waals surface area contributed by atoms with Gasteiger partial charge in [0.1, 0.15) is 11.9 Å². The van der Waals surface area contributed by atoms with Crippen LogP contribution in [0.1, 0.15) is 60.5 Å². The zero-order valence-corrected chi connectivity index (χ0v) is 19.5. The maximum atomic E-state index is 13.0. The van der Waals surface area contributed by atoms with Crippen molar-refractivity contribution < 1.29 is 9.59 Å². The molecule has 9 heteroatoms. The molecule has 0 bridgehead atoms. The van der Waals surface area contributed by atoms with Gasteiger partial charge in [-0.1, -0.05) is 12.1 Å². The van der Waals surface area contributed by atoms with Crippen LogP contribution in [0.15, 0.2) is 42.6 Å². The zero-order chi connectivity index (χ0) is 24.1. The fourth-order valence-corrected chi connectivity index (χ4v) is 4.45. The quantitative estimate of drug-likeness (QED) is 0.520. The van der Waals surface area contributed by atoms with Crippen molar-refractivity contribution in [2.75, 3.05) is 18.4 Å². The first-order valence-corrected chi connectivity index (χ1v) is 11.8. The van der Waals surface area contributed by atoms with Crippen molar-refractivity contribution in [1.29, 1.82) is 5.26 Å². The van der Waals surface area contributed by atoms with Crippen molar-refractivity contribution in [1.82, 2.24) is 26.1 Å². The Morgan fingerprint density at radius 2 is 1.85 bits per heavy atom. The van der Waals surface area contributed by atoms with E-state index in [1.165, 1.54) is 5.56 Å². The number of pyridine rings is 1. The summed E-state index contributed by atoms with van der Waals surface area (Å²) in [6, 6.07) is 13.3. The summed E-state index contributed by atoms with van der Waals surface area (Å²) in [5, 5.41) is 15.1. The van der Waals surface area contributed by atoms with Crippen LogP contribution < -0.4 is 21.5 Å². The van der Waals surface area contributed by atoms with Crippen LogP contribution in [0.4, 0.5) is 5.82 Å². The van der Waals surface area contributed by atoms with E-state index in [0.717, 1.165) is 18.7 Å². The maximum Gasteiger partial charge on any atom is 0.254 e. The van der Waals surface area contributed by atoms with Gasteiger partial charge in [-0.25, -0.2) is 15.8 Å². The van der Waals surface area contributed by atoms with Crippen LogP contribution in [-0.4, -0.2) is 53.0 Å². The fraction of sp³-hybridized carbons (Fsp3) is 0.440. The molecular formula is C25H31N7O2. The number of nitrogens with one attached hydrogen (secondary N) is 4. The number of nitrogens with zero attached hydrogens (tertiary/aromatic N) is 3. The summed E-state index contributed by atoms with van der Waals surface area (Å²) in [7, 11) is 0. The molecule has 1 aromatic carbocycles. The van der Waals surface area contributed by atoms with Gasteiger partial charge in [0.25, 0.3) is 5.91 Å². The van der Waals surface area contributed by atoms with Crippen molar-refractivity contribution >= 4 is 17.6 Å². The SMILES string of the molecule is CC(C)Nc1ccc(C(=O)NC2CC(C(=O)N3CCC(c4ccc(C#N)cc4)CC3)NN2)cn1. The van der Waals surface area contributed by atoms with Crippen LogP contribution in [0, 0.1) is 11.3 Å². The van der Waals surface area contributed by atoms with E-state index in [0.29, 0.717) is 36.6 Å². The highest BCUT2D eigenvalue weighted by molar-refractivity contribution is 5.94. The third kappa shape index (κ3) is 5.71. The molecule has 2 amide bonds. The summed E-state index contributed by atoms with van der Waals surface area (Å²) in [5.74, 6) is 0.933. The van der Waals surface area contributed by atoms with E-state index in [2.05, 4.69) is 32.5 Å². The number of amides is 2. The van der Waals surface area contributed by atoms with E-state index < -0.39 is 0 Å². The Balaban J connectivity index is 1.24. The molecule has 9 nitrogen and oxygen atoms in total. The van der Waals surface area contributed by atoms with Gasteiger partial charge in [-0.3, -0.25) is 9.59 Å². The molecule has 2 atom stereocenters. The van der Waals surface area contributed by atoms with Crippen molar-refractivity contribution in [3.8, 4) is 6.07 Å². The number of carbonyl (C=O) groups excluding carboxylic acids is 2. The highest BCUT2D eigenvalue weighted by Gasteiger charge is 2.34. The first kappa shape index (κ1) is 23.7. The van der Waals surface area contributed by atoms with Crippen LogP contribution >= 0.6 is 0 Å². The molecule has 0 aliphatic carbocycles. The lowest BCUT2D eigenvalue weighted by Gasteiger charge is -2.33. The van der Waals surface area contributed by atoms with Gasteiger partial charge < -0.3 is 15.5 Å². The number of nitriles is 1. The first-order chi connectivity index (χ1) is 16.4. The molecule has 178 valence electrons. The van der Waals surface area contributed by atoms with Gasteiger partial charge in [-0.15, -0.1) is 0 Å². The number of benzene rings is 1. The fourth-order valence-electron chi connectivity index (χ4n) is 4.45. The van der Waals surface area contributed by atoms with E-state index >= 15 is 0 Å². The first-order valence-electron chi connectivity index (χ1n) is 11.8. The standard InChI is InChI=1S/C25H31N7O2/c1-16(2)28-22-8-7-20(15-27-22)24(33)29-23-13-21(30-31-23)25(34)32-11-9-19(10-12-32)18-5-3-17(14-26)4-6-18/h3-8,15-16,19,21,23,30-31H,9-13H2,1-2H3,(H,27,28)(H,29,33). The average Bonchev–Trinajstić information content (AvgIpc) is 3.32. The summed E-state index contributed by atoms with van der Waals surface area (Å²) in [5.41, 5.74) is 8.41. The lowest BCUT2D eigenvalue weighted by molar-refractivity contribution is -0.134. The molecule has 4 rings (SSSR count). The number of piperidine rings is 1. The smallest absolute Gasteiger partial charge is 0.254 e. The van der Waals surface area contributed by atoms with Crippen LogP contribution in [0.25, 0.3) is 0 Å². The maximum absolute atomic E-state index is 13.0. The van der Waals surface area contributed by atoms with Crippen LogP contribution in [0.5, 0.6) is 0 Å². The zero-order valence-electron chi connectivity index (χ0n) is 19.5. The minimum Gasteiger partial charge on any atom is -0.368 e. The molecule has 34 heavy (non-hydrogen) atoms. The summed E-state index contributed by atoms with van der Waals surface area (Å²) in [6.07, 6.45) is 3.47. The van der Waals surface area contributed by atoms with E-state index in [1.807, 2.05) is 43.0 Å². The van der Waals surface area contributed by atoms with Gasteiger partial charge >= 0.3 is 0 Å². The van der Waals surface area contributed by atoms with Crippen molar-refractivity contribution in [2.45, 2.75) is 57.3 Å². The van der Waals surface area contributed by atoms with Crippen LogP contribution in [-0.2, 0) is 4.79 Å². The highest BCUT2D eigenvalue weighted by atomic mass is 16.2. The van der Waals surface area contributed by atoms with Gasteiger partial charge in [0.2, 0.25) is 5.91 Å². The number of anilines is 1. The number of likely N-dealkylation sites (tertiary alicyclic amines) is 1. The summed E-state index contributed by atoms with van der Waals surface area (Å²) in [4.78, 5) is 31.8. The Labute approximate surface area is 199 Å². The average molecular weight is 462 g/mol. The summed E-state index contributed by atoms with van der Waals surface area (Å²) >= 11 is 0. The molecule has 3 heterocycles. The van der Waals surface area contributed by atoms with Crippen LogP contribution in [0.2, 0.25) is 0 Å². The molecule has 4 N–H and O–H groups in total. The summed E-state index contributed by atoms with van der Waals surface area (Å²) in [6.45, 7) is 5.44. The Hall–Kier alpha value is -3.48. The number of aromatic nitrogens is 1. The van der Waals surface area contributed by atoms with E-state index in [1.54, 1.807) is 18.3 Å². The molecule has 0 spiro atoms. The Morgan fingerprint density at radius 3 is 2.47 bits per heavy atom. The van der Waals surface area contributed by atoms with Gasteiger partial charge in [0.05, 0.1) is 23.4 Å². The number of hydrogen-bond donors (Lipinski definition) is 4. The second-order valence-electron chi connectivity index (χ2n) is 9.17.